The molecule has 3 nitrogen and oxygen atoms in total. The number of nitrogens with one attached hydrogen (secondary N) is 1. The van der Waals surface area contributed by atoms with E-state index in [4.69, 9.17) is 0 Å². The topological polar surface area (TPSA) is 49.3 Å². The van der Waals surface area contributed by atoms with Crippen molar-refractivity contribution in [2.24, 2.45) is 0 Å². The highest BCUT2D eigenvalue weighted by Gasteiger charge is 2.25. The maximum atomic E-state index is 12.0. The average Bonchev–Trinajstić information content (AvgIpc) is 2.32. The Labute approximate surface area is 109 Å². The molecule has 0 aliphatic heterocycles. The lowest BCUT2D eigenvalue weighted by molar-refractivity contribution is 0.0927. The molecule has 1 amide bonds. The van der Waals surface area contributed by atoms with E-state index in [0.717, 1.165) is 19.3 Å². The van der Waals surface area contributed by atoms with E-state index in [0.29, 0.717) is 10.4 Å². The van der Waals surface area contributed by atoms with Gasteiger partial charge in [-0.25, -0.2) is 0 Å². The molecule has 4 heteroatoms. The fourth-order valence-electron chi connectivity index (χ4n) is 2.16. The van der Waals surface area contributed by atoms with Gasteiger partial charge in [-0.05, 0) is 25.0 Å². The zero-order valence-electron chi connectivity index (χ0n) is 9.53. The lowest BCUT2D eigenvalue weighted by atomic mass is 9.95. The van der Waals surface area contributed by atoms with Crippen LogP contribution in [0.25, 0.3) is 0 Å². The summed E-state index contributed by atoms with van der Waals surface area (Å²) in [6.45, 7) is 0. The molecule has 0 bridgehead atoms. The number of carbonyl (C=O) groups is 1. The minimum atomic E-state index is -0.195. The smallest absolute Gasteiger partial charge is 0.255 e. The van der Waals surface area contributed by atoms with Crippen molar-refractivity contribution in [2.45, 2.75) is 36.6 Å². The van der Waals surface area contributed by atoms with Crippen LogP contribution in [0.1, 0.15) is 36.0 Å². The standard InChI is InChI=1S/C13H16BrNO2/c14-10-6-2-3-7-11(10)15-13(17)9-5-1-4-8-12(9)16/h1,4-5,8,10-11,16H,2-3,6-7H2,(H,15,17). The first kappa shape index (κ1) is 12.4. The fourth-order valence-corrected chi connectivity index (χ4v) is 2.88. The van der Waals surface area contributed by atoms with Crippen LogP contribution in [0.15, 0.2) is 24.3 Å². The number of halogens is 1. The molecule has 0 aromatic heterocycles. The second-order valence-electron chi connectivity index (χ2n) is 4.40. The Kier molecular flexibility index (Phi) is 4.05. The SMILES string of the molecule is O=C(NC1CCCCC1Br)c1ccccc1O. The monoisotopic (exact) mass is 297 g/mol. The molecule has 1 aliphatic carbocycles. The molecule has 0 saturated heterocycles. The van der Waals surface area contributed by atoms with Gasteiger partial charge in [0.1, 0.15) is 5.75 Å². The van der Waals surface area contributed by atoms with Crippen LogP contribution in [-0.2, 0) is 0 Å². The van der Waals surface area contributed by atoms with Crippen LogP contribution in [0, 0.1) is 0 Å². The molecule has 2 N–H and O–H groups in total. The lowest BCUT2D eigenvalue weighted by Gasteiger charge is -2.28. The van der Waals surface area contributed by atoms with Gasteiger partial charge in [0.05, 0.1) is 5.56 Å². The van der Waals surface area contributed by atoms with Crippen LogP contribution in [0.4, 0.5) is 0 Å². The summed E-state index contributed by atoms with van der Waals surface area (Å²) in [6, 6.07) is 6.79. The van der Waals surface area contributed by atoms with Crippen molar-refractivity contribution in [3.63, 3.8) is 0 Å². The van der Waals surface area contributed by atoms with Gasteiger partial charge in [0.15, 0.2) is 0 Å². The molecule has 2 unspecified atom stereocenters. The number of hydrogen-bond donors (Lipinski definition) is 2. The van der Waals surface area contributed by atoms with E-state index in [1.54, 1.807) is 18.2 Å². The predicted molar refractivity (Wildman–Crippen MR) is 70.5 cm³/mol. The molecule has 1 saturated carbocycles. The van der Waals surface area contributed by atoms with E-state index in [9.17, 15) is 9.90 Å². The van der Waals surface area contributed by atoms with Crippen LogP contribution >= 0.6 is 15.9 Å². The number of hydrogen-bond acceptors (Lipinski definition) is 2. The highest BCUT2D eigenvalue weighted by atomic mass is 79.9. The largest absolute Gasteiger partial charge is 0.507 e. The highest BCUT2D eigenvalue weighted by molar-refractivity contribution is 9.09. The minimum Gasteiger partial charge on any atom is -0.507 e. The van der Waals surface area contributed by atoms with Gasteiger partial charge in [0, 0.05) is 10.9 Å². The summed E-state index contributed by atoms with van der Waals surface area (Å²) in [6.07, 6.45) is 4.44. The van der Waals surface area contributed by atoms with E-state index in [1.807, 2.05) is 0 Å². The van der Waals surface area contributed by atoms with E-state index < -0.39 is 0 Å². The molecule has 17 heavy (non-hydrogen) atoms. The molecule has 1 aromatic rings. The first-order chi connectivity index (χ1) is 8.18. The summed E-state index contributed by atoms with van der Waals surface area (Å²) in [5.41, 5.74) is 0.345. The molecule has 1 fully saturated rings. The Morgan fingerprint density at radius 1 is 1.29 bits per heavy atom. The quantitative estimate of drug-likeness (QED) is 0.825. The first-order valence-electron chi connectivity index (χ1n) is 5.91. The maximum absolute atomic E-state index is 12.0. The summed E-state index contributed by atoms with van der Waals surface area (Å²) < 4.78 is 0. The van der Waals surface area contributed by atoms with Gasteiger partial charge in [0.25, 0.3) is 5.91 Å². The molecule has 2 rings (SSSR count). The van der Waals surface area contributed by atoms with Gasteiger partial charge >= 0.3 is 0 Å². The van der Waals surface area contributed by atoms with Crippen molar-refractivity contribution in [1.29, 1.82) is 0 Å². The number of phenolic OH excluding ortho intramolecular Hbond substituents is 1. The van der Waals surface area contributed by atoms with E-state index >= 15 is 0 Å². The maximum Gasteiger partial charge on any atom is 0.255 e. The number of amides is 1. The zero-order valence-corrected chi connectivity index (χ0v) is 11.1. The predicted octanol–water partition coefficient (Wildman–Crippen LogP) is 2.83. The number of alkyl halides is 1. The average molecular weight is 298 g/mol. The normalized spacial score (nSPS) is 24.3. The Hall–Kier alpha value is -1.03. The van der Waals surface area contributed by atoms with Crippen molar-refractivity contribution in [3.05, 3.63) is 29.8 Å². The van der Waals surface area contributed by atoms with Crippen molar-refractivity contribution < 1.29 is 9.90 Å². The van der Waals surface area contributed by atoms with Crippen LogP contribution < -0.4 is 5.32 Å². The summed E-state index contributed by atoms with van der Waals surface area (Å²) in [4.78, 5) is 12.3. The van der Waals surface area contributed by atoms with Gasteiger partial charge in [-0.2, -0.15) is 0 Å². The molecule has 2 atom stereocenters. The molecule has 1 aliphatic rings. The van der Waals surface area contributed by atoms with Gasteiger partial charge in [0.2, 0.25) is 0 Å². The number of carbonyl (C=O) groups excluding carboxylic acids is 1. The van der Waals surface area contributed by atoms with Crippen molar-refractivity contribution in [2.75, 3.05) is 0 Å². The van der Waals surface area contributed by atoms with E-state index in [-0.39, 0.29) is 17.7 Å². The first-order valence-corrected chi connectivity index (χ1v) is 6.83. The van der Waals surface area contributed by atoms with Crippen molar-refractivity contribution >= 4 is 21.8 Å². The number of para-hydroxylation sites is 1. The molecule has 1 aromatic carbocycles. The molecule has 0 radical (unpaired) electrons. The number of phenols is 1. The Balaban J connectivity index is 2.04. The molecular weight excluding hydrogens is 282 g/mol. The minimum absolute atomic E-state index is 0.0342. The summed E-state index contributed by atoms with van der Waals surface area (Å²) in [7, 11) is 0. The van der Waals surface area contributed by atoms with Gasteiger partial charge in [-0.15, -0.1) is 0 Å². The third-order valence-electron chi connectivity index (χ3n) is 3.15. The summed E-state index contributed by atoms with van der Waals surface area (Å²) in [5, 5.41) is 12.6. The Bertz CT molecular complexity index is 408. The Morgan fingerprint density at radius 3 is 2.71 bits per heavy atom. The van der Waals surface area contributed by atoms with Crippen LogP contribution in [0.3, 0.4) is 0 Å². The molecular formula is C13H16BrNO2. The van der Waals surface area contributed by atoms with Gasteiger partial charge in [-0.1, -0.05) is 40.9 Å². The zero-order chi connectivity index (χ0) is 12.3. The number of aromatic hydroxyl groups is 1. The van der Waals surface area contributed by atoms with Crippen LogP contribution in [0.5, 0.6) is 5.75 Å². The second-order valence-corrected chi connectivity index (χ2v) is 5.57. The van der Waals surface area contributed by atoms with E-state index in [1.165, 1.54) is 12.5 Å². The highest BCUT2D eigenvalue weighted by Crippen LogP contribution is 2.25. The lowest BCUT2D eigenvalue weighted by Crippen LogP contribution is -2.42. The third-order valence-corrected chi connectivity index (χ3v) is 4.24. The number of rotatable bonds is 2. The van der Waals surface area contributed by atoms with Gasteiger partial charge < -0.3 is 10.4 Å². The summed E-state index contributed by atoms with van der Waals surface area (Å²) >= 11 is 3.60. The van der Waals surface area contributed by atoms with E-state index in [2.05, 4.69) is 21.2 Å². The molecule has 0 heterocycles. The van der Waals surface area contributed by atoms with Crippen LogP contribution in [0.2, 0.25) is 0 Å². The Morgan fingerprint density at radius 2 is 2.00 bits per heavy atom. The van der Waals surface area contributed by atoms with Crippen LogP contribution in [-0.4, -0.2) is 21.9 Å². The summed E-state index contributed by atoms with van der Waals surface area (Å²) in [5.74, 6) is -0.161. The van der Waals surface area contributed by atoms with Crippen molar-refractivity contribution in [3.8, 4) is 5.75 Å². The molecule has 0 spiro atoms. The third kappa shape index (κ3) is 3.00. The second kappa shape index (κ2) is 5.54. The van der Waals surface area contributed by atoms with Crippen molar-refractivity contribution in [1.82, 2.24) is 5.32 Å². The van der Waals surface area contributed by atoms with Gasteiger partial charge in [-0.3, -0.25) is 4.79 Å². The fraction of sp³-hybridized carbons (Fsp3) is 0.462. The molecule has 92 valence electrons. The number of benzene rings is 1.